The molecule has 1 fully saturated rings. The van der Waals surface area contributed by atoms with Gasteiger partial charge in [-0.05, 0) is 74.3 Å². The van der Waals surface area contributed by atoms with Crippen molar-refractivity contribution >= 4 is 17.5 Å². The highest BCUT2D eigenvalue weighted by atomic mass is 35.5. The Morgan fingerprint density at radius 2 is 1.97 bits per heavy atom. The number of piperidine rings is 1. The molecule has 0 aliphatic carbocycles. The summed E-state index contributed by atoms with van der Waals surface area (Å²) in [6.07, 6.45) is 1.98. The van der Waals surface area contributed by atoms with Crippen molar-refractivity contribution in [3.63, 3.8) is 0 Å². The van der Waals surface area contributed by atoms with Crippen molar-refractivity contribution in [2.75, 3.05) is 26.7 Å². The number of halogens is 2. The number of carbonyl (C=O) groups is 1. The standard InChI is InChI=1S/C24H25ClFN3O3/c1-31-23-12-18(4-7-21(23)25)24(30)27-14-16-8-10-29(11-9-16)15-20-13-22(28-32-20)17-2-5-19(26)6-3-17/h2-7,12-13,16H,8-11,14-15H2,1H3,(H,27,30). The van der Waals surface area contributed by atoms with Crippen molar-refractivity contribution in [2.24, 2.45) is 5.92 Å². The van der Waals surface area contributed by atoms with E-state index < -0.39 is 0 Å². The van der Waals surface area contributed by atoms with Crippen LogP contribution >= 0.6 is 11.6 Å². The van der Waals surface area contributed by atoms with Crippen LogP contribution in [-0.2, 0) is 6.54 Å². The molecule has 1 aliphatic heterocycles. The molecule has 3 aromatic rings. The maximum atomic E-state index is 13.1. The predicted octanol–water partition coefficient (Wildman–Crippen LogP) is 4.78. The molecular weight excluding hydrogens is 433 g/mol. The molecule has 0 saturated carbocycles. The van der Waals surface area contributed by atoms with E-state index in [-0.39, 0.29) is 11.7 Å². The number of benzene rings is 2. The summed E-state index contributed by atoms with van der Waals surface area (Å²) in [6.45, 7) is 3.15. The molecule has 1 aliphatic rings. The molecule has 2 aromatic carbocycles. The Balaban J connectivity index is 1.23. The highest BCUT2D eigenvalue weighted by Crippen LogP contribution is 2.25. The molecule has 1 aromatic heterocycles. The van der Waals surface area contributed by atoms with Gasteiger partial charge in [0.15, 0.2) is 5.76 Å². The van der Waals surface area contributed by atoms with Gasteiger partial charge in [0.05, 0.1) is 18.7 Å². The third-order valence-electron chi connectivity index (χ3n) is 5.75. The number of hydrogen-bond donors (Lipinski definition) is 1. The van der Waals surface area contributed by atoms with Gasteiger partial charge in [-0.25, -0.2) is 4.39 Å². The molecule has 1 N–H and O–H groups in total. The molecule has 8 heteroatoms. The van der Waals surface area contributed by atoms with Crippen molar-refractivity contribution in [1.82, 2.24) is 15.4 Å². The van der Waals surface area contributed by atoms with Gasteiger partial charge in [-0.1, -0.05) is 16.8 Å². The summed E-state index contributed by atoms with van der Waals surface area (Å²) >= 11 is 6.02. The Labute approximate surface area is 191 Å². The lowest BCUT2D eigenvalue weighted by Gasteiger charge is -2.31. The van der Waals surface area contributed by atoms with Crippen LogP contribution in [0.4, 0.5) is 4.39 Å². The number of rotatable bonds is 7. The summed E-state index contributed by atoms with van der Waals surface area (Å²) in [5.74, 6) is 1.30. The molecule has 0 spiro atoms. The van der Waals surface area contributed by atoms with E-state index in [1.54, 1.807) is 30.3 Å². The number of nitrogens with one attached hydrogen (secondary N) is 1. The zero-order chi connectivity index (χ0) is 22.5. The molecule has 6 nitrogen and oxygen atoms in total. The number of methoxy groups -OCH3 is 1. The second kappa shape index (κ2) is 10.1. The molecule has 0 unspecified atom stereocenters. The molecule has 1 saturated heterocycles. The lowest BCUT2D eigenvalue weighted by molar-refractivity contribution is 0.0933. The average molecular weight is 458 g/mol. The van der Waals surface area contributed by atoms with Crippen LogP contribution in [0.25, 0.3) is 11.3 Å². The normalized spacial score (nSPS) is 15.0. The molecule has 2 heterocycles. The second-order valence-corrected chi connectivity index (χ2v) is 8.37. The Morgan fingerprint density at radius 3 is 2.69 bits per heavy atom. The first kappa shape index (κ1) is 22.3. The van der Waals surface area contributed by atoms with Crippen molar-refractivity contribution < 1.29 is 18.4 Å². The van der Waals surface area contributed by atoms with Crippen LogP contribution in [0, 0.1) is 11.7 Å². The second-order valence-electron chi connectivity index (χ2n) is 7.96. The quantitative estimate of drug-likeness (QED) is 0.552. The number of amides is 1. The fourth-order valence-electron chi connectivity index (χ4n) is 3.85. The Kier molecular flexibility index (Phi) is 7.07. The van der Waals surface area contributed by atoms with Gasteiger partial charge < -0.3 is 14.6 Å². The summed E-state index contributed by atoms with van der Waals surface area (Å²) in [5, 5.41) is 7.60. The molecule has 4 rings (SSSR count). The Morgan fingerprint density at radius 1 is 1.22 bits per heavy atom. The van der Waals surface area contributed by atoms with E-state index in [9.17, 15) is 9.18 Å². The third kappa shape index (κ3) is 5.47. The van der Waals surface area contributed by atoms with Crippen LogP contribution in [-0.4, -0.2) is 42.7 Å². The Hall–Kier alpha value is -2.90. The Bertz CT molecular complexity index is 1060. The van der Waals surface area contributed by atoms with Crippen molar-refractivity contribution in [3.05, 3.63) is 70.7 Å². The number of likely N-dealkylation sites (tertiary alicyclic amines) is 1. The number of aromatic nitrogens is 1. The first-order valence-electron chi connectivity index (χ1n) is 10.6. The first-order chi connectivity index (χ1) is 15.5. The van der Waals surface area contributed by atoms with E-state index in [2.05, 4.69) is 15.4 Å². The molecule has 0 bridgehead atoms. The number of nitrogens with zero attached hydrogens (tertiary/aromatic N) is 2. The zero-order valence-corrected chi connectivity index (χ0v) is 18.6. The van der Waals surface area contributed by atoms with Gasteiger partial charge in [0, 0.05) is 23.7 Å². The van der Waals surface area contributed by atoms with E-state index in [1.165, 1.54) is 19.2 Å². The number of ether oxygens (including phenoxy) is 1. The monoisotopic (exact) mass is 457 g/mol. The predicted molar refractivity (Wildman–Crippen MR) is 120 cm³/mol. The zero-order valence-electron chi connectivity index (χ0n) is 17.8. The summed E-state index contributed by atoms with van der Waals surface area (Å²) in [5.41, 5.74) is 2.07. The SMILES string of the molecule is COc1cc(C(=O)NCC2CCN(Cc3cc(-c4ccc(F)cc4)no3)CC2)ccc1Cl. The molecule has 1 amide bonds. The van der Waals surface area contributed by atoms with Crippen LogP contribution in [0.2, 0.25) is 5.02 Å². The van der Waals surface area contributed by atoms with E-state index >= 15 is 0 Å². The minimum absolute atomic E-state index is 0.127. The minimum Gasteiger partial charge on any atom is -0.495 e. The van der Waals surface area contributed by atoms with E-state index in [0.29, 0.717) is 41.0 Å². The minimum atomic E-state index is -0.274. The van der Waals surface area contributed by atoms with Gasteiger partial charge in [-0.15, -0.1) is 0 Å². The molecule has 0 atom stereocenters. The van der Waals surface area contributed by atoms with E-state index in [0.717, 1.165) is 37.3 Å². The maximum absolute atomic E-state index is 13.1. The molecule has 0 radical (unpaired) electrons. The lowest BCUT2D eigenvalue weighted by atomic mass is 9.96. The van der Waals surface area contributed by atoms with Crippen molar-refractivity contribution in [1.29, 1.82) is 0 Å². The van der Waals surface area contributed by atoms with E-state index in [1.807, 2.05) is 6.07 Å². The van der Waals surface area contributed by atoms with Gasteiger partial charge in [-0.2, -0.15) is 0 Å². The van der Waals surface area contributed by atoms with Gasteiger partial charge in [0.1, 0.15) is 17.3 Å². The van der Waals surface area contributed by atoms with E-state index in [4.69, 9.17) is 20.9 Å². The molecular formula is C24H25ClFN3O3. The fraction of sp³-hybridized carbons (Fsp3) is 0.333. The van der Waals surface area contributed by atoms with Gasteiger partial charge >= 0.3 is 0 Å². The van der Waals surface area contributed by atoms with Gasteiger partial charge in [-0.3, -0.25) is 9.69 Å². The number of carbonyl (C=O) groups excluding carboxylic acids is 1. The van der Waals surface area contributed by atoms with Crippen molar-refractivity contribution in [2.45, 2.75) is 19.4 Å². The summed E-state index contributed by atoms with van der Waals surface area (Å²) in [6, 6.07) is 13.1. The summed E-state index contributed by atoms with van der Waals surface area (Å²) in [7, 11) is 1.53. The van der Waals surface area contributed by atoms with Crippen LogP contribution in [0.3, 0.4) is 0 Å². The summed E-state index contributed by atoms with van der Waals surface area (Å²) < 4.78 is 23.7. The highest BCUT2D eigenvalue weighted by molar-refractivity contribution is 6.32. The summed E-state index contributed by atoms with van der Waals surface area (Å²) in [4.78, 5) is 14.8. The first-order valence-corrected chi connectivity index (χ1v) is 11.0. The molecule has 32 heavy (non-hydrogen) atoms. The third-order valence-corrected chi connectivity index (χ3v) is 6.06. The molecule has 168 valence electrons. The fourth-order valence-corrected chi connectivity index (χ4v) is 4.05. The van der Waals surface area contributed by atoms with Crippen LogP contribution in [0.1, 0.15) is 29.0 Å². The number of hydrogen-bond acceptors (Lipinski definition) is 5. The van der Waals surface area contributed by atoms with Gasteiger partial charge in [0.25, 0.3) is 5.91 Å². The highest BCUT2D eigenvalue weighted by Gasteiger charge is 2.21. The van der Waals surface area contributed by atoms with Gasteiger partial charge in [0.2, 0.25) is 0 Å². The lowest BCUT2D eigenvalue weighted by Crippen LogP contribution is -2.38. The van der Waals surface area contributed by atoms with Crippen LogP contribution < -0.4 is 10.1 Å². The van der Waals surface area contributed by atoms with Crippen molar-refractivity contribution in [3.8, 4) is 17.0 Å². The smallest absolute Gasteiger partial charge is 0.251 e. The van der Waals surface area contributed by atoms with Crippen LogP contribution in [0.15, 0.2) is 53.1 Å². The maximum Gasteiger partial charge on any atom is 0.251 e. The average Bonchev–Trinajstić information content (AvgIpc) is 3.27. The van der Waals surface area contributed by atoms with Crippen LogP contribution in [0.5, 0.6) is 5.75 Å². The topological polar surface area (TPSA) is 67.6 Å². The largest absolute Gasteiger partial charge is 0.495 e.